The lowest BCUT2D eigenvalue weighted by molar-refractivity contribution is -0.156. The van der Waals surface area contributed by atoms with Gasteiger partial charge < -0.3 is 47.8 Å². The molecule has 0 aromatic carbocycles. The number of amidine groups is 2. The van der Waals surface area contributed by atoms with Gasteiger partial charge in [-0.25, -0.2) is 0 Å². The predicted octanol–water partition coefficient (Wildman–Crippen LogP) is 0.464. The minimum Gasteiger partial charge on any atom is -0.387 e. The first kappa shape index (κ1) is 40.7. The highest BCUT2D eigenvalue weighted by Gasteiger charge is 2.38. The number of nitrogens with two attached hydrogens (primary N) is 2. The number of aliphatic hydroxyl groups excluding tert-OH is 4. The third kappa shape index (κ3) is 16.4. The summed E-state index contributed by atoms with van der Waals surface area (Å²) in [7, 11) is 0. The zero-order valence-corrected chi connectivity index (χ0v) is 27.4. The summed E-state index contributed by atoms with van der Waals surface area (Å²) in [4.78, 5) is 33.1. The number of amides is 2. The van der Waals surface area contributed by atoms with Gasteiger partial charge in [0.25, 0.3) is 11.8 Å². The van der Waals surface area contributed by atoms with Crippen molar-refractivity contribution in [1.82, 2.24) is 16.0 Å². The number of nitrogens with zero attached hydrogens (tertiary/aromatic N) is 2. The van der Waals surface area contributed by atoms with E-state index in [1.54, 1.807) is 6.92 Å². The van der Waals surface area contributed by atoms with Crippen molar-refractivity contribution in [1.29, 1.82) is 0 Å². The van der Waals surface area contributed by atoms with Crippen LogP contribution in [-0.4, -0.2) is 106 Å². The Balaban J connectivity index is 4.25. The van der Waals surface area contributed by atoms with Gasteiger partial charge in [-0.2, -0.15) is 0 Å². The Morgan fingerprint density at radius 2 is 1.09 bits per heavy atom. The third-order valence-corrected chi connectivity index (χ3v) is 8.40. The number of nitrogens with one attached hydrogen (secondary N) is 3. The lowest BCUT2D eigenvalue weighted by atomic mass is 9.94. The Morgan fingerprint density at radius 1 is 0.674 bits per heavy atom. The fourth-order valence-corrected chi connectivity index (χ4v) is 4.15. The van der Waals surface area contributed by atoms with Crippen LogP contribution >= 0.6 is 0 Å². The van der Waals surface area contributed by atoms with E-state index < -0.39 is 41.8 Å². The van der Waals surface area contributed by atoms with Gasteiger partial charge in [-0.3, -0.25) is 19.6 Å². The zero-order valence-electron chi connectivity index (χ0n) is 27.4. The fraction of sp³-hybridized carbons (Fsp3) is 0.867. The first-order valence-corrected chi connectivity index (χ1v) is 15.8. The average molecular weight is 616 g/mol. The van der Waals surface area contributed by atoms with Gasteiger partial charge in [-0.05, 0) is 52.4 Å². The molecule has 0 aromatic rings. The molecule has 0 bridgehead atoms. The van der Waals surface area contributed by atoms with Gasteiger partial charge in [0.1, 0.15) is 12.2 Å². The Morgan fingerprint density at radius 3 is 1.53 bits per heavy atom. The molecule has 13 nitrogen and oxygen atoms in total. The van der Waals surface area contributed by atoms with Crippen molar-refractivity contribution in [3.8, 4) is 0 Å². The zero-order chi connectivity index (χ0) is 33.1. The molecular weight excluding hydrogens is 554 g/mol. The molecule has 43 heavy (non-hydrogen) atoms. The Labute approximate surface area is 258 Å². The van der Waals surface area contributed by atoms with Gasteiger partial charge in [0.2, 0.25) is 0 Å². The molecule has 0 fully saturated rings. The molecule has 4 unspecified atom stereocenters. The summed E-state index contributed by atoms with van der Waals surface area (Å²) < 4.78 is 0. The van der Waals surface area contributed by atoms with Crippen LogP contribution in [0.2, 0.25) is 0 Å². The number of carbonyl (C=O) groups excluding carboxylic acids is 2. The summed E-state index contributed by atoms with van der Waals surface area (Å²) in [6.07, 6.45) is 0.248. The third-order valence-electron chi connectivity index (χ3n) is 8.40. The van der Waals surface area contributed by atoms with Crippen LogP contribution < -0.4 is 27.4 Å². The second-order valence-electron chi connectivity index (χ2n) is 11.8. The molecule has 0 aromatic heterocycles. The van der Waals surface area contributed by atoms with E-state index in [0.717, 1.165) is 51.5 Å². The second-order valence-corrected chi connectivity index (χ2v) is 11.8. The van der Waals surface area contributed by atoms with Crippen molar-refractivity contribution >= 4 is 23.5 Å². The predicted molar refractivity (Wildman–Crippen MR) is 172 cm³/mol. The number of rotatable bonds is 24. The van der Waals surface area contributed by atoms with Crippen LogP contribution in [0, 0.1) is 0 Å². The van der Waals surface area contributed by atoms with Crippen molar-refractivity contribution in [2.45, 2.75) is 141 Å². The summed E-state index contributed by atoms with van der Waals surface area (Å²) in [5.74, 6) is -0.747. The van der Waals surface area contributed by atoms with Gasteiger partial charge in [0.15, 0.2) is 12.2 Å². The number of hydrogen-bond acceptors (Lipinski definition) is 9. The van der Waals surface area contributed by atoms with Crippen LogP contribution in [0.15, 0.2) is 9.98 Å². The minimum atomic E-state index is -2.08. The highest BCUT2D eigenvalue weighted by molar-refractivity contribution is 5.84. The molecule has 0 rings (SSSR count). The van der Waals surface area contributed by atoms with Crippen molar-refractivity contribution in [2.75, 3.05) is 26.2 Å². The molecule has 0 aliphatic heterocycles. The van der Waals surface area contributed by atoms with Crippen LogP contribution in [0.4, 0.5) is 0 Å². The van der Waals surface area contributed by atoms with Crippen LogP contribution in [0.1, 0.15) is 106 Å². The first-order valence-electron chi connectivity index (χ1n) is 15.8. The largest absolute Gasteiger partial charge is 0.387 e. The Bertz CT molecular complexity index is 862. The Kier molecular flexibility index (Phi) is 20.2. The van der Waals surface area contributed by atoms with Gasteiger partial charge in [-0.15, -0.1) is 0 Å². The van der Waals surface area contributed by atoms with Crippen LogP contribution in [-0.2, 0) is 9.59 Å². The normalized spacial score (nSPS) is 16.0. The molecule has 0 aliphatic carbocycles. The van der Waals surface area contributed by atoms with E-state index in [4.69, 9.17) is 11.5 Å². The van der Waals surface area contributed by atoms with E-state index in [-0.39, 0.29) is 18.6 Å². The molecule has 252 valence electrons. The molecular formula is C30H61N7O6. The fourth-order valence-electron chi connectivity index (χ4n) is 4.15. The number of unbranched alkanes of at least 4 members (excludes halogenated alkanes) is 3. The Hall–Kier alpha value is -2.32. The summed E-state index contributed by atoms with van der Waals surface area (Å²) in [6.45, 7) is 13.8. The molecule has 0 heterocycles. The summed E-state index contributed by atoms with van der Waals surface area (Å²) >= 11 is 0. The van der Waals surface area contributed by atoms with E-state index in [0.29, 0.717) is 37.5 Å². The molecule has 2 amide bonds. The van der Waals surface area contributed by atoms with Gasteiger partial charge in [-0.1, -0.05) is 40.5 Å². The van der Waals surface area contributed by atoms with E-state index in [9.17, 15) is 30.0 Å². The van der Waals surface area contributed by atoms with Gasteiger partial charge >= 0.3 is 0 Å². The molecule has 11 N–H and O–H groups in total. The molecule has 0 saturated carbocycles. The quantitative estimate of drug-likeness (QED) is 0.0417. The van der Waals surface area contributed by atoms with Gasteiger partial charge in [0, 0.05) is 37.0 Å². The highest BCUT2D eigenvalue weighted by Crippen LogP contribution is 2.15. The van der Waals surface area contributed by atoms with Gasteiger partial charge in [0.05, 0.1) is 24.8 Å². The number of hydrogen-bond donors (Lipinski definition) is 9. The summed E-state index contributed by atoms with van der Waals surface area (Å²) in [5, 5.41) is 49.1. The van der Waals surface area contributed by atoms with E-state index in [2.05, 4.69) is 46.7 Å². The standard InChI is InChI=1S/C30H61N7O6/c1-7-29(5,8-2)36-20-19-34-22(32)16-14-12-11-13-15-21(31)33-17-18-35-27(42)25(40)23(38)24(39)26(41)28(43)37-30(6,9-3)10-4/h23-26,36,38-41H,7-20H2,1-6H3,(H2,31,33)(H2,32,34)(H,35,42)(H,37,43). The molecule has 0 aliphatic rings. The van der Waals surface area contributed by atoms with Crippen molar-refractivity contribution in [3.63, 3.8) is 0 Å². The molecule has 13 heteroatoms. The van der Waals surface area contributed by atoms with E-state index in [1.165, 1.54) is 0 Å². The summed E-state index contributed by atoms with van der Waals surface area (Å²) in [6, 6.07) is 0. The monoisotopic (exact) mass is 615 g/mol. The maximum absolute atomic E-state index is 12.3. The van der Waals surface area contributed by atoms with Crippen LogP contribution in [0.25, 0.3) is 0 Å². The molecule has 0 saturated heterocycles. The number of carbonyl (C=O) groups is 2. The smallest absolute Gasteiger partial charge is 0.252 e. The highest BCUT2D eigenvalue weighted by atomic mass is 16.4. The average Bonchev–Trinajstić information content (AvgIpc) is 3.00. The number of aliphatic imine (C=N–C) groups is 2. The van der Waals surface area contributed by atoms with E-state index in [1.807, 2.05) is 13.8 Å². The van der Waals surface area contributed by atoms with Crippen LogP contribution in [0.5, 0.6) is 0 Å². The van der Waals surface area contributed by atoms with E-state index >= 15 is 0 Å². The second kappa shape index (κ2) is 21.4. The van der Waals surface area contributed by atoms with Crippen LogP contribution in [0.3, 0.4) is 0 Å². The SMILES string of the molecule is CCC(C)(CC)NCCN=C(N)CCCCCCC(N)=NCCNC(=O)C(O)C(O)C(O)C(O)C(=O)NC(C)(CC)CC. The lowest BCUT2D eigenvalue weighted by Crippen LogP contribution is -2.57. The first-order chi connectivity index (χ1) is 20.2. The molecule has 0 spiro atoms. The molecule has 4 atom stereocenters. The minimum absolute atomic E-state index is 0.0397. The maximum Gasteiger partial charge on any atom is 0.252 e. The topological polar surface area (TPSA) is 228 Å². The lowest BCUT2D eigenvalue weighted by Gasteiger charge is -2.31. The molecule has 0 radical (unpaired) electrons. The summed E-state index contributed by atoms with van der Waals surface area (Å²) in [5.41, 5.74) is 11.5. The maximum atomic E-state index is 12.3. The van der Waals surface area contributed by atoms with Crippen molar-refractivity contribution < 1.29 is 30.0 Å². The van der Waals surface area contributed by atoms with Crippen molar-refractivity contribution in [3.05, 3.63) is 0 Å². The number of aliphatic hydroxyl groups is 4. The van der Waals surface area contributed by atoms with Crippen molar-refractivity contribution in [2.24, 2.45) is 21.5 Å².